The Bertz CT molecular complexity index is 857. The van der Waals surface area contributed by atoms with Crippen LogP contribution in [-0.2, 0) is 11.9 Å². The lowest BCUT2D eigenvalue weighted by Gasteiger charge is -2.05. The number of nitrogens with zero attached hydrogens (tertiary/aromatic N) is 3. The average Bonchev–Trinajstić information content (AvgIpc) is 3.03. The number of aryl methyl sites for hydroxylation is 1. The molecule has 1 aromatic heterocycles. The predicted octanol–water partition coefficient (Wildman–Crippen LogP) is 3.40. The predicted molar refractivity (Wildman–Crippen MR) is 89.2 cm³/mol. The summed E-state index contributed by atoms with van der Waals surface area (Å²) < 4.78 is 7.39. The Balaban J connectivity index is 1.63. The quantitative estimate of drug-likeness (QED) is 0.410. The summed E-state index contributed by atoms with van der Waals surface area (Å²) in [5, 5.41) is 3.70. The van der Waals surface area contributed by atoms with E-state index in [-0.39, 0.29) is 5.69 Å². The van der Waals surface area contributed by atoms with Crippen molar-refractivity contribution in [2.24, 2.45) is 12.2 Å². The molecule has 0 radical (unpaired) electrons. The third-order valence-electron chi connectivity index (χ3n) is 3.09. The molecule has 24 heavy (non-hydrogen) atoms. The smallest absolute Gasteiger partial charge is 0.385 e. The van der Waals surface area contributed by atoms with Crippen molar-refractivity contribution >= 4 is 12.2 Å². The van der Waals surface area contributed by atoms with Crippen molar-refractivity contribution in [2.45, 2.75) is 0 Å². The Morgan fingerprint density at radius 3 is 2.67 bits per heavy atom. The minimum Gasteiger partial charge on any atom is -0.457 e. The Morgan fingerprint density at radius 2 is 1.92 bits per heavy atom. The van der Waals surface area contributed by atoms with Gasteiger partial charge in [0, 0.05) is 13.2 Å². The molecule has 0 atom stereocenters. The van der Waals surface area contributed by atoms with Crippen molar-refractivity contribution in [1.82, 2.24) is 9.55 Å². The maximum Gasteiger partial charge on any atom is 0.385 e. The molecule has 2 aromatic carbocycles. The number of benzene rings is 2. The van der Waals surface area contributed by atoms with Gasteiger partial charge in [0.1, 0.15) is 11.5 Å². The standard InChI is InChI=1S/C18H15N3O3/c1-21-12-17(19-13-21)18(22)24-20-11-14-6-5-9-16(10-14)23-15-7-3-2-4-8-15/h2-13H,1H3. The Kier molecular flexibility index (Phi) is 4.67. The van der Waals surface area contributed by atoms with E-state index in [2.05, 4.69) is 10.1 Å². The summed E-state index contributed by atoms with van der Waals surface area (Å²) >= 11 is 0. The molecular formula is C18H15N3O3. The van der Waals surface area contributed by atoms with Gasteiger partial charge in [-0.05, 0) is 29.8 Å². The molecule has 1 heterocycles. The molecule has 0 N–H and O–H groups in total. The van der Waals surface area contributed by atoms with Gasteiger partial charge >= 0.3 is 5.97 Å². The van der Waals surface area contributed by atoms with Crippen LogP contribution in [0.5, 0.6) is 11.5 Å². The molecule has 0 aliphatic heterocycles. The third-order valence-corrected chi connectivity index (χ3v) is 3.09. The first-order valence-corrected chi connectivity index (χ1v) is 7.26. The lowest BCUT2D eigenvalue weighted by atomic mass is 10.2. The second kappa shape index (κ2) is 7.23. The van der Waals surface area contributed by atoms with Gasteiger partial charge in [0.25, 0.3) is 0 Å². The highest BCUT2D eigenvalue weighted by Gasteiger charge is 2.09. The maximum absolute atomic E-state index is 11.7. The maximum atomic E-state index is 11.7. The number of oxime groups is 1. The highest BCUT2D eigenvalue weighted by atomic mass is 16.7. The fraction of sp³-hybridized carbons (Fsp3) is 0.0556. The molecule has 0 saturated heterocycles. The van der Waals surface area contributed by atoms with E-state index in [9.17, 15) is 4.79 Å². The Hall–Kier alpha value is -3.41. The van der Waals surface area contributed by atoms with Crippen LogP contribution < -0.4 is 4.74 Å². The number of hydrogen-bond donors (Lipinski definition) is 0. The van der Waals surface area contributed by atoms with Crippen LogP contribution in [-0.4, -0.2) is 21.7 Å². The minimum atomic E-state index is -0.608. The summed E-state index contributed by atoms with van der Waals surface area (Å²) in [6, 6.07) is 16.8. The zero-order valence-corrected chi connectivity index (χ0v) is 13.0. The molecule has 3 rings (SSSR count). The fourth-order valence-electron chi connectivity index (χ4n) is 1.98. The molecule has 0 unspecified atom stereocenters. The van der Waals surface area contributed by atoms with Gasteiger partial charge in [0.2, 0.25) is 0 Å². The number of carbonyl (C=O) groups is 1. The van der Waals surface area contributed by atoms with E-state index < -0.39 is 5.97 Å². The Labute approximate surface area is 139 Å². The molecule has 0 saturated carbocycles. The van der Waals surface area contributed by atoms with Crippen LogP contribution in [0.15, 0.2) is 72.3 Å². The van der Waals surface area contributed by atoms with Crippen LogP contribution in [0, 0.1) is 0 Å². The first-order valence-electron chi connectivity index (χ1n) is 7.26. The normalized spacial score (nSPS) is 10.7. The molecule has 6 heteroatoms. The summed E-state index contributed by atoms with van der Waals surface area (Å²) in [6.07, 6.45) is 4.52. The van der Waals surface area contributed by atoms with Gasteiger partial charge in [-0.2, -0.15) is 0 Å². The van der Waals surface area contributed by atoms with Crippen LogP contribution in [0.3, 0.4) is 0 Å². The van der Waals surface area contributed by atoms with Crippen molar-refractivity contribution < 1.29 is 14.4 Å². The number of aromatic nitrogens is 2. The van der Waals surface area contributed by atoms with Crippen molar-refractivity contribution in [3.8, 4) is 11.5 Å². The highest BCUT2D eigenvalue weighted by Crippen LogP contribution is 2.21. The number of hydrogen-bond acceptors (Lipinski definition) is 5. The van der Waals surface area contributed by atoms with Gasteiger partial charge < -0.3 is 14.1 Å². The van der Waals surface area contributed by atoms with Crippen molar-refractivity contribution in [3.63, 3.8) is 0 Å². The van der Waals surface area contributed by atoms with Gasteiger partial charge in [-0.25, -0.2) is 9.78 Å². The first kappa shape index (κ1) is 15.5. The number of carbonyl (C=O) groups excluding carboxylic acids is 1. The molecule has 0 aliphatic rings. The second-order valence-corrected chi connectivity index (χ2v) is 5.03. The van der Waals surface area contributed by atoms with E-state index in [1.807, 2.05) is 48.5 Å². The van der Waals surface area contributed by atoms with Gasteiger partial charge in [-0.1, -0.05) is 35.5 Å². The summed E-state index contributed by atoms with van der Waals surface area (Å²) in [4.78, 5) is 20.4. The van der Waals surface area contributed by atoms with Crippen LogP contribution >= 0.6 is 0 Å². The molecular weight excluding hydrogens is 306 g/mol. The summed E-state index contributed by atoms with van der Waals surface area (Å²) in [5.41, 5.74) is 0.952. The van der Waals surface area contributed by atoms with E-state index in [1.165, 1.54) is 12.5 Å². The third kappa shape index (κ3) is 4.07. The van der Waals surface area contributed by atoms with Crippen LogP contribution in [0.2, 0.25) is 0 Å². The molecule has 0 aliphatic carbocycles. The molecule has 0 bridgehead atoms. The topological polar surface area (TPSA) is 65.7 Å². The number of para-hydroxylation sites is 1. The lowest BCUT2D eigenvalue weighted by molar-refractivity contribution is 0.0513. The summed E-state index contributed by atoms with van der Waals surface area (Å²) in [6.45, 7) is 0. The van der Waals surface area contributed by atoms with E-state index in [4.69, 9.17) is 9.57 Å². The van der Waals surface area contributed by atoms with Crippen molar-refractivity contribution in [2.75, 3.05) is 0 Å². The van der Waals surface area contributed by atoms with E-state index in [0.717, 1.165) is 11.3 Å². The van der Waals surface area contributed by atoms with Crippen molar-refractivity contribution in [3.05, 3.63) is 78.4 Å². The van der Waals surface area contributed by atoms with Crippen molar-refractivity contribution in [1.29, 1.82) is 0 Å². The summed E-state index contributed by atoms with van der Waals surface area (Å²) in [5.74, 6) is 0.804. The molecule has 0 spiro atoms. The number of rotatable bonds is 5. The van der Waals surface area contributed by atoms with E-state index in [1.54, 1.807) is 23.9 Å². The number of imidazole rings is 1. The zero-order chi connectivity index (χ0) is 16.8. The Morgan fingerprint density at radius 1 is 1.12 bits per heavy atom. The highest BCUT2D eigenvalue weighted by molar-refractivity contribution is 5.88. The molecule has 120 valence electrons. The van der Waals surface area contributed by atoms with Gasteiger partial charge in [0.15, 0.2) is 5.69 Å². The monoisotopic (exact) mass is 321 g/mol. The van der Waals surface area contributed by atoms with Gasteiger partial charge in [0.05, 0.1) is 12.5 Å². The molecule has 0 amide bonds. The van der Waals surface area contributed by atoms with Crippen LogP contribution in [0.4, 0.5) is 0 Å². The largest absolute Gasteiger partial charge is 0.457 e. The van der Waals surface area contributed by atoms with Crippen LogP contribution in [0.1, 0.15) is 16.1 Å². The second-order valence-electron chi connectivity index (χ2n) is 5.03. The van der Waals surface area contributed by atoms with Gasteiger partial charge in [-0.15, -0.1) is 0 Å². The van der Waals surface area contributed by atoms with Gasteiger partial charge in [-0.3, -0.25) is 0 Å². The first-order chi connectivity index (χ1) is 11.7. The van der Waals surface area contributed by atoms with E-state index >= 15 is 0 Å². The molecule has 6 nitrogen and oxygen atoms in total. The van der Waals surface area contributed by atoms with E-state index in [0.29, 0.717) is 5.75 Å². The lowest BCUT2D eigenvalue weighted by Crippen LogP contribution is -2.01. The molecule has 0 fully saturated rings. The molecule has 3 aromatic rings. The minimum absolute atomic E-state index is 0.204. The fourth-order valence-corrected chi connectivity index (χ4v) is 1.98. The SMILES string of the molecule is Cn1cnc(C(=O)ON=Cc2cccc(Oc3ccccc3)c2)c1. The average molecular weight is 321 g/mol. The van der Waals surface area contributed by atoms with Crippen LogP contribution in [0.25, 0.3) is 0 Å². The number of ether oxygens (including phenoxy) is 1. The summed E-state index contributed by atoms with van der Waals surface area (Å²) in [7, 11) is 1.77. The zero-order valence-electron chi connectivity index (χ0n) is 13.0.